The molecule has 1 aliphatic rings. The van der Waals surface area contributed by atoms with Crippen LogP contribution in [0.1, 0.15) is 24.3 Å². The monoisotopic (exact) mass is 199 g/mol. The molecule has 1 aromatic heterocycles. The minimum Gasteiger partial charge on any atom is -0.398 e. The molecule has 0 saturated heterocycles. The number of nitrogens with zero attached hydrogens (tertiary/aromatic N) is 2. The van der Waals surface area contributed by atoms with Crippen LogP contribution in [0.2, 0.25) is 0 Å². The van der Waals surface area contributed by atoms with E-state index in [1.807, 2.05) is 29.2 Å². The van der Waals surface area contributed by atoms with Gasteiger partial charge in [0.15, 0.2) is 0 Å². The zero-order chi connectivity index (χ0) is 10.3. The number of anilines is 1. The van der Waals surface area contributed by atoms with Crippen LogP contribution in [0, 0.1) is 0 Å². The van der Waals surface area contributed by atoms with Crippen LogP contribution in [0.3, 0.4) is 0 Å². The maximum atomic E-state index is 5.96. The van der Waals surface area contributed by atoms with Crippen molar-refractivity contribution in [3.8, 4) is 5.69 Å². The number of aromatic nitrogens is 2. The van der Waals surface area contributed by atoms with E-state index in [1.54, 1.807) is 6.20 Å². The van der Waals surface area contributed by atoms with E-state index in [4.69, 9.17) is 5.73 Å². The van der Waals surface area contributed by atoms with Gasteiger partial charge in [-0.2, -0.15) is 0 Å². The molecule has 0 bridgehead atoms. The maximum absolute atomic E-state index is 5.96. The van der Waals surface area contributed by atoms with Gasteiger partial charge in [-0.1, -0.05) is 0 Å². The van der Waals surface area contributed by atoms with Crippen LogP contribution in [0.4, 0.5) is 5.69 Å². The van der Waals surface area contributed by atoms with Crippen molar-refractivity contribution in [2.45, 2.75) is 18.8 Å². The summed E-state index contributed by atoms with van der Waals surface area (Å²) in [5.74, 6) is 0.688. The number of benzene rings is 1. The van der Waals surface area contributed by atoms with Gasteiger partial charge >= 0.3 is 0 Å². The van der Waals surface area contributed by atoms with Gasteiger partial charge in [-0.3, -0.25) is 0 Å². The molecular formula is C12H13N3. The molecule has 0 aliphatic heterocycles. The Morgan fingerprint density at radius 3 is 2.87 bits per heavy atom. The van der Waals surface area contributed by atoms with Gasteiger partial charge in [0.2, 0.25) is 0 Å². The molecule has 0 spiro atoms. The summed E-state index contributed by atoms with van der Waals surface area (Å²) >= 11 is 0. The average molecular weight is 199 g/mol. The number of imidazole rings is 1. The van der Waals surface area contributed by atoms with Crippen molar-refractivity contribution in [3.63, 3.8) is 0 Å². The van der Waals surface area contributed by atoms with Crippen molar-refractivity contribution in [2.24, 2.45) is 0 Å². The standard InChI is InChI=1S/C12H13N3/c13-12-4-3-10(15-6-5-14-8-15)7-11(12)9-1-2-9/h3-9H,1-2,13H2. The van der Waals surface area contributed by atoms with Crippen molar-refractivity contribution < 1.29 is 0 Å². The third kappa shape index (κ3) is 1.50. The molecule has 1 heterocycles. The van der Waals surface area contributed by atoms with Gasteiger partial charge in [-0.05, 0) is 42.5 Å². The lowest BCUT2D eigenvalue weighted by atomic mass is 10.1. The first kappa shape index (κ1) is 8.53. The smallest absolute Gasteiger partial charge is 0.0991 e. The highest BCUT2D eigenvalue weighted by atomic mass is 15.0. The molecule has 2 N–H and O–H groups in total. The Hall–Kier alpha value is -1.77. The number of hydrogen-bond acceptors (Lipinski definition) is 2. The van der Waals surface area contributed by atoms with E-state index in [9.17, 15) is 0 Å². The number of hydrogen-bond donors (Lipinski definition) is 1. The van der Waals surface area contributed by atoms with E-state index < -0.39 is 0 Å². The zero-order valence-electron chi connectivity index (χ0n) is 8.43. The lowest BCUT2D eigenvalue weighted by molar-refractivity contribution is 1.04. The van der Waals surface area contributed by atoms with Crippen LogP contribution < -0.4 is 5.73 Å². The van der Waals surface area contributed by atoms with Crippen molar-refractivity contribution >= 4 is 5.69 Å². The molecule has 15 heavy (non-hydrogen) atoms. The van der Waals surface area contributed by atoms with E-state index in [2.05, 4.69) is 11.1 Å². The normalized spacial score (nSPS) is 15.5. The van der Waals surface area contributed by atoms with Crippen LogP contribution >= 0.6 is 0 Å². The lowest BCUT2D eigenvalue weighted by Crippen LogP contribution is -1.96. The second-order valence-electron chi connectivity index (χ2n) is 4.06. The average Bonchev–Trinajstić information content (AvgIpc) is 2.94. The summed E-state index contributed by atoms with van der Waals surface area (Å²) in [6.45, 7) is 0. The fraction of sp³-hybridized carbons (Fsp3) is 0.250. The molecule has 1 saturated carbocycles. The van der Waals surface area contributed by atoms with E-state index in [-0.39, 0.29) is 0 Å². The molecule has 76 valence electrons. The van der Waals surface area contributed by atoms with E-state index >= 15 is 0 Å². The summed E-state index contributed by atoms with van der Waals surface area (Å²) in [4.78, 5) is 4.04. The second-order valence-corrected chi connectivity index (χ2v) is 4.06. The van der Waals surface area contributed by atoms with Gasteiger partial charge in [-0.15, -0.1) is 0 Å². The highest BCUT2D eigenvalue weighted by Crippen LogP contribution is 2.43. The Kier molecular flexibility index (Phi) is 1.78. The van der Waals surface area contributed by atoms with Crippen LogP contribution in [0.5, 0.6) is 0 Å². The fourth-order valence-electron chi connectivity index (χ4n) is 1.88. The summed E-state index contributed by atoms with van der Waals surface area (Å²) in [6, 6.07) is 6.20. The number of nitrogen functional groups attached to an aromatic ring is 1. The summed E-state index contributed by atoms with van der Waals surface area (Å²) < 4.78 is 2.01. The van der Waals surface area contributed by atoms with Gasteiger partial charge in [-0.25, -0.2) is 4.98 Å². The third-order valence-corrected chi connectivity index (χ3v) is 2.89. The molecule has 0 radical (unpaired) electrons. The summed E-state index contributed by atoms with van der Waals surface area (Å²) in [6.07, 6.45) is 8.09. The lowest BCUT2D eigenvalue weighted by Gasteiger charge is -2.08. The van der Waals surface area contributed by atoms with Crippen LogP contribution in [0.15, 0.2) is 36.9 Å². The highest BCUT2D eigenvalue weighted by Gasteiger charge is 2.25. The fourth-order valence-corrected chi connectivity index (χ4v) is 1.88. The van der Waals surface area contributed by atoms with E-state index in [1.165, 1.54) is 18.4 Å². The van der Waals surface area contributed by atoms with E-state index in [0.29, 0.717) is 5.92 Å². The molecule has 3 rings (SSSR count). The van der Waals surface area contributed by atoms with Gasteiger partial charge in [0.25, 0.3) is 0 Å². The van der Waals surface area contributed by atoms with Gasteiger partial charge in [0, 0.05) is 23.8 Å². The topological polar surface area (TPSA) is 43.8 Å². The SMILES string of the molecule is Nc1ccc(-n2ccnc2)cc1C1CC1. The minimum absolute atomic E-state index is 0.688. The first-order chi connectivity index (χ1) is 7.34. The maximum Gasteiger partial charge on any atom is 0.0991 e. The van der Waals surface area contributed by atoms with Crippen molar-refractivity contribution in [1.29, 1.82) is 0 Å². The van der Waals surface area contributed by atoms with E-state index in [0.717, 1.165) is 11.4 Å². The summed E-state index contributed by atoms with van der Waals surface area (Å²) in [7, 11) is 0. The second kappa shape index (κ2) is 3.12. The number of rotatable bonds is 2. The molecule has 3 heteroatoms. The van der Waals surface area contributed by atoms with Crippen LogP contribution in [0.25, 0.3) is 5.69 Å². The van der Waals surface area contributed by atoms with Crippen molar-refractivity contribution in [1.82, 2.24) is 9.55 Å². The molecule has 3 nitrogen and oxygen atoms in total. The number of nitrogens with two attached hydrogens (primary N) is 1. The van der Waals surface area contributed by atoms with Gasteiger partial charge in [0.05, 0.1) is 6.33 Å². The van der Waals surface area contributed by atoms with Crippen molar-refractivity contribution in [3.05, 3.63) is 42.5 Å². The predicted octanol–water partition coefficient (Wildman–Crippen LogP) is 2.33. The van der Waals surface area contributed by atoms with Crippen LogP contribution in [-0.4, -0.2) is 9.55 Å². The molecule has 2 aromatic rings. The van der Waals surface area contributed by atoms with Crippen molar-refractivity contribution in [2.75, 3.05) is 5.73 Å². The molecule has 1 fully saturated rings. The molecule has 1 aromatic carbocycles. The zero-order valence-corrected chi connectivity index (χ0v) is 8.43. The Morgan fingerprint density at radius 2 is 2.20 bits per heavy atom. The Balaban J connectivity index is 2.06. The first-order valence-corrected chi connectivity index (χ1v) is 5.22. The highest BCUT2D eigenvalue weighted by molar-refractivity contribution is 5.55. The first-order valence-electron chi connectivity index (χ1n) is 5.22. The third-order valence-electron chi connectivity index (χ3n) is 2.89. The molecule has 0 atom stereocenters. The Bertz CT molecular complexity index is 470. The summed E-state index contributed by atoms with van der Waals surface area (Å²) in [5, 5.41) is 0. The quantitative estimate of drug-likeness (QED) is 0.754. The predicted molar refractivity (Wildman–Crippen MR) is 60.0 cm³/mol. The summed E-state index contributed by atoms with van der Waals surface area (Å²) in [5.41, 5.74) is 9.31. The Morgan fingerprint density at radius 1 is 1.33 bits per heavy atom. The van der Waals surface area contributed by atoms with Crippen LogP contribution in [-0.2, 0) is 0 Å². The molecule has 0 unspecified atom stereocenters. The van der Waals surface area contributed by atoms with Gasteiger partial charge in [0.1, 0.15) is 0 Å². The Labute approximate surface area is 88.6 Å². The molecule has 1 aliphatic carbocycles. The minimum atomic E-state index is 0.688. The molecule has 0 amide bonds. The largest absolute Gasteiger partial charge is 0.398 e. The molecular weight excluding hydrogens is 186 g/mol. The van der Waals surface area contributed by atoms with Gasteiger partial charge < -0.3 is 10.3 Å².